The molecule has 0 aromatic heterocycles. The van der Waals surface area contributed by atoms with Crippen LogP contribution in [0.5, 0.6) is 0 Å². The Labute approximate surface area is 104 Å². The van der Waals surface area contributed by atoms with Gasteiger partial charge in [-0.1, -0.05) is 6.07 Å². The molecule has 3 rings (SSSR count). The van der Waals surface area contributed by atoms with Crippen LogP contribution >= 0.6 is 0 Å². The van der Waals surface area contributed by atoms with Gasteiger partial charge in [-0.3, -0.25) is 0 Å². The van der Waals surface area contributed by atoms with Crippen molar-refractivity contribution >= 4 is 16.9 Å². The predicted octanol–water partition coefficient (Wildman–Crippen LogP) is 2.23. The fraction of sp³-hybridized carbons (Fsp3) is 0.538. The van der Waals surface area contributed by atoms with Gasteiger partial charge in [0.05, 0.1) is 17.8 Å². The van der Waals surface area contributed by atoms with Gasteiger partial charge in [-0.05, 0) is 48.6 Å². The van der Waals surface area contributed by atoms with Crippen LogP contribution in [-0.4, -0.2) is 28.1 Å². The van der Waals surface area contributed by atoms with Gasteiger partial charge in [0.25, 0.3) is 0 Å². The van der Waals surface area contributed by atoms with E-state index in [2.05, 4.69) is 4.90 Å². The van der Waals surface area contributed by atoms with Crippen molar-refractivity contribution in [3.05, 3.63) is 29.6 Å². The van der Waals surface area contributed by atoms with E-state index >= 15 is 0 Å². The van der Waals surface area contributed by atoms with Gasteiger partial charge in [0, 0.05) is 0 Å². The molecule has 2 unspecified atom stereocenters. The second-order valence-electron chi connectivity index (χ2n) is 5.02. The van der Waals surface area contributed by atoms with E-state index in [1.807, 2.05) is 19.1 Å². The third kappa shape index (κ3) is 1.93. The molecule has 0 amide bonds. The number of fused-ring (bicyclic) bond motifs is 2. The van der Waals surface area contributed by atoms with Gasteiger partial charge in [-0.2, -0.15) is 0 Å². The first-order valence-corrected chi connectivity index (χ1v) is 7.53. The van der Waals surface area contributed by atoms with E-state index in [1.165, 1.54) is 0 Å². The Bertz CT molecular complexity index is 425. The molecule has 2 bridgehead atoms. The first-order chi connectivity index (χ1) is 8.15. The van der Waals surface area contributed by atoms with Crippen LogP contribution in [0.3, 0.4) is 0 Å². The van der Waals surface area contributed by atoms with Gasteiger partial charge in [-0.25, -0.2) is 4.39 Å². The van der Waals surface area contributed by atoms with E-state index in [0.29, 0.717) is 17.2 Å². The standard InChI is InChI=1S/C13H16FNOS/c1-9-2-5-13(12(14)6-9)15-10-3-4-11(15)8-17(16)7-10/h2,5-6,10-11H,3-4,7-8H2,1H3. The lowest BCUT2D eigenvalue weighted by Crippen LogP contribution is -2.49. The smallest absolute Gasteiger partial charge is 0.146 e. The number of aryl methyl sites for hydroxylation is 1. The molecule has 1 aromatic rings. The number of rotatable bonds is 1. The van der Waals surface area contributed by atoms with Crippen molar-refractivity contribution in [1.82, 2.24) is 0 Å². The number of hydrogen-bond acceptors (Lipinski definition) is 2. The summed E-state index contributed by atoms with van der Waals surface area (Å²) in [6.45, 7) is 1.90. The molecule has 4 heteroatoms. The van der Waals surface area contributed by atoms with Crippen LogP contribution in [0.25, 0.3) is 0 Å². The minimum absolute atomic E-state index is 0.144. The third-order valence-corrected chi connectivity index (χ3v) is 5.27. The predicted molar refractivity (Wildman–Crippen MR) is 68.3 cm³/mol. The van der Waals surface area contributed by atoms with Crippen LogP contribution in [-0.2, 0) is 11.2 Å². The molecule has 0 spiro atoms. The fourth-order valence-electron chi connectivity index (χ4n) is 3.00. The monoisotopic (exact) mass is 253 g/mol. The number of halogens is 1. The molecule has 0 saturated carbocycles. The Kier molecular flexibility index (Phi) is 2.79. The van der Waals surface area contributed by atoms with E-state index in [4.69, 9.17) is 0 Å². The molecule has 0 aliphatic carbocycles. The van der Waals surface area contributed by atoms with Crippen LogP contribution in [0.15, 0.2) is 18.2 Å². The van der Waals surface area contributed by atoms with Crippen molar-refractivity contribution in [2.24, 2.45) is 0 Å². The SMILES string of the molecule is Cc1ccc(N2C3CCC2C[S+]([O-])C3)c(F)c1. The van der Waals surface area contributed by atoms with Crippen molar-refractivity contribution in [1.29, 1.82) is 0 Å². The number of benzene rings is 1. The quantitative estimate of drug-likeness (QED) is 0.717. The number of nitrogens with zero attached hydrogens (tertiary/aromatic N) is 1. The zero-order valence-corrected chi connectivity index (χ0v) is 10.7. The van der Waals surface area contributed by atoms with Crippen molar-refractivity contribution in [3.8, 4) is 0 Å². The van der Waals surface area contributed by atoms with Crippen molar-refractivity contribution in [2.45, 2.75) is 31.8 Å². The minimum atomic E-state index is -0.707. The molecule has 2 heterocycles. The second-order valence-corrected chi connectivity index (χ2v) is 6.57. The van der Waals surface area contributed by atoms with Crippen LogP contribution < -0.4 is 4.90 Å². The maximum absolute atomic E-state index is 14.0. The van der Waals surface area contributed by atoms with Crippen molar-refractivity contribution in [3.63, 3.8) is 0 Å². The van der Waals surface area contributed by atoms with Crippen LogP contribution in [0, 0.1) is 12.7 Å². The normalized spacial score (nSPS) is 31.9. The molecule has 2 saturated heterocycles. The lowest BCUT2D eigenvalue weighted by molar-refractivity contribution is 0.552. The van der Waals surface area contributed by atoms with Gasteiger partial charge in [0.15, 0.2) is 0 Å². The van der Waals surface area contributed by atoms with E-state index in [-0.39, 0.29) is 17.9 Å². The molecule has 1 aromatic carbocycles. The summed E-state index contributed by atoms with van der Waals surface area (Å²) in [5.41, 5.74) is 1.64. The Morgan fingerprint density at radius 3 is 2.53 bits per heavy atom. The summed E-state index contributed by atoms with van der Waals surface area (Å²) in [4.78, 5) is 2.16. The Hall–Kier alpha value is -0.740. The van der Waals surface area contributed by atoms with E-state index in [0.717, 1.165) is 18.4 Å². The Morgan fingerprint density at radius 2 is 1.94 bits per heavy atom. The second kappa shape index (κ2) is 4.18. The maximum atomic E-state index is 14.0. The van der Waals surface area contributed by atoms with E-state index in [9.17, 15) is 8.94 Å². The minimum Gasteiger partial charge on any atom is -0.616 e. The Morgan fingerprint density at radius 1 is 1.29 bits per heavy atom. The average molecular weight is 253 g/mol. The first-order valence-electron chi connectivity index (χ1n) is 6.04. The molecule has 0 radical (unpaired) electrons. The molecule has 2 atom stereocenters. The lowest BCUT2D eigenvalue weighted by atomic mass is 10.1. The maximum Gasteiger partial charge on any atom is 0.146 e. The summed E-state index contributed by atoms with van der Waals surface area (Å²) in [6, 6.07) is 5.94. The summed E-state index contributed by atoms with van der Waals surface area (Å²) in [6.07, 6.45) is 2.09. The number of anilines is 1. The number of hydrogen-bond donors (Lipinski definition) is 0. The third-order valence-electron chi connectivity index (χ3n) is 3.76. The molecule has 92 valence electrons. The Balaban J connectivity index is 1.94. The van der Waals surface area contributed by atoms with E-state index in [1.54, 1.807) is 6.07 Å². The van der Waals surface area contributed by atoms with Crippen molar-refractivity contribution in [2.75, 3.05) is 16.4 Å². The lowest BCUT2D eigenvalue weighted by Gasteiger charge is -2.37. The zero-order chi connectivity index (χ0) is 12.0. The van der Waals surface area contributed by atoms with Crippen LogP contribution in [0.2, 0.25) is 0 Å². The molecule has 17 heavy (non-hydrogen) atoms. The molecule has 2 aliphatic rings. The summed E-state index contributed by atoms with van der Waals surface area (Å²) in [5.74, 6) is 1.25. The highest BCUT2D eigenvalue weighted by Gasteiger charge is 2.43. The summed E-state index contributed by atoms with van der Waals surface area (Å²) in [7, 11) is 0. The van der Waals surface area contributed by atoms with Gasteiger partial charge in [0.1, 0.15) is 17.3 Å². The molecule has 2 aliphatic heterocycles. The fourth-order valence-corrected chi connectivity index (χ4v) is 4.65. The van der Waals surface area contributed by atoms with Gasteiger partial charge >= 0.3 is 0 Å². The van der Waals surface area contributed by atoms with Crippen molar-refractivity contribution < 1.29 is 8.94 Å². The highest BCUT2D eigenvalue weighted by molar-refractivity contribution is 7.91. The molecule has 2 fully saturated rings. The summed E-state index contributed by atoms with van der Waals surface area (Å²) in [5, 5.41) is 0. The van der Waals surface area contributed by atoms with Crippen LogP contribution in [0.1, 0.15) is 18.4 Å². The van der Waals surface area contributed by atoms with E-state index < -0.39 is 11.2 Å². The van der Waals surface area contributed by atoms with Gasteiger partial charge < -0.3 is 9.45 Å². The summed E-state index contributed by atoms with van der Waals surface area (Å²) < 4.78 is 25.6. The van der Waals surface area contributed by atoms with Gasteiger partial charge in [-0.15, -0.1) is 0 Å². The highest BCUT2D eigenvalue weighted by atomic mass is 32.2. The summed E-state index contributed by atoms with van der Waals surface area (Å²) >= 11 is -0.707. The van der Waals surface area contributed by atoms with Crippen LogP contribution in [0.4, 0.5) is 10.1 Å². The average Bonchev–Trinajstić information content (AvgIpc) is 2.53. The molecule has 2 nitrogen and oxygen atoms in total. The first kappa shape index (κ1) is 11.4. The highest BCUT2D eigenvalue weighted by Crippen LogP contribution is 2.37. The molecule has 0 N–H and O–H groups in total. The molecular formula is C13H16FNOS. The van der Waals surface area contributed by atoms with Gasteiger partial charge in [0.2, 0.25) is 0 Å². The molecular weight excluding hydrogens is 237 g/mol. The largest absolute Gasteiger partial charge is 0.616 e. The topological polar surface area (TPSA) is 26.3 Å². The zero-order valence-electron chi connectivity index (χ0n) is 9.86.